The number of hydrogen-bond acceptors (Lipinski definition) is 0. The maximum absolute atomic E-state index is 3.23. The lowest BCUT2D eigenvalue weighted by molar-refractivity contribution is 0.545. The van der Waals surface area contributed by atoms with Gasteiger partial charge in [-0.1, -0.05) is 32.4 Å². The lowest BCUT2D eigenvalue weighted by atomic mass is 9.97. The van der Waals surface area contributed by atoms with E-state index in [9.17, 15) is 0 Å². The third kappa shape index (κ3) is 4.75. The number of hydrogen-bond donors (Lipinski definition) is 0. The molecular formula is C13H20. The highest BCUT2D eigenvalue weighted by Crippen LogP contribution is 2.23. The first kappa shape index (κ1) is 10.3. The van der Waals surface area contributed by atoms with Crippen LogP contribution in [0.25, 0.3) is 0 Å². The van der Waals surface area contributed by atoms with Crippen molar-refractivity contribution in [2.75, 3.05) is 0 Å². The van der Waals surface area contributed by atoms with Gasteiger partial charge in [-0.05, 0) is 43.3 Å². The van der Waals surface area contributed by atoms with Crippen LogP contribution in [-0.2, 0) is 0 Å². The zero-order valence-corrected chi connectivity index (χ0v) is 9.06. The van der Waals surface area contributed by atoms with Gasteiger partial charge in [0.25, 0.3) is 0 Å². The molecule has 0 radical (unpaired) electrons. The summed E-state index contributed by atoms with van der Waals surface area (Å²) in [4.78, 5) is 0. The Bertz CT molecular complexity index is 234. The molecule has 0 heterocycles. The number of allylic oxidation sites excluding steroid dienone is 3. The molecule has 0 saturated heterocycles. The molecule has 0 spiro atoms. The van der Waals surface area contributed by atoms with E-state index in [4.69, 9.17) is 0 Å². The molecule has 0 N–H and O–H groups in total. The minimum absolute atomic E-state index is 0.255. The van der Waals surface area contributed by atoms with E-state index in [1.807, 2.05) is 0 Å². The Morgan fingerprint density at radius 3 is 2.31 bits per heavy atom. The normalized spacial score (nSPS) is 16.7. The highest BCUT2D eigenvalue weighted by atomic mass is 14.1. The minimum atomic E-state index is 0.255. The van der Waals surface area contributed by atoms with Crippen LogP contribution in [0, 0.1) is 5.41 Å². The van der Waals surface area contributed by atoms with Gasteiger partial charge in [-0.3, -0.25) is 0 Å². The van der Waals surface area contributed by atoms with Gasteiger partial charge in [0, 0.05) is 0 Å². The molecule has 1 aliphatic rings. The van der Waals surface area contributed by atoms with Crippen molar-refractivity contribution in [1.82, 2.24) is 0 Å². The van der Waals surface area contributed by atoms with Crippen molar-refractivity contribution in [2.24, 2.45) is 5.41 Å². The van der Waals surface area contributed by atoms with Crippen LogP contribution in [0.5, 0.6) is 0 Å². The minimum Gasteiger partial charge on any atom is -0.125 e. The van der Waals surface area contributed by atoms with Gasteiger partial charge in [0.1, 0.15) is 0 Å². The molecule has 0 unspecified atom stereocenters. The SMILES string of the molecule is CC(C)(C)C=C=CC=C1CCCC1. The van der Waals surface area contributed by atoms with Crippen LogP contribution in [0.1, 0.15) is 46.5 Å². The van der Waals surface area contributed by atoms with E-state index in [0.717, 1.165) is 0 Å². The van der Waals surface area contributed by atoms with Gasteiger partial charge < -0.3 is 0 Å². The van der Waals surface area contributed by atoms with Crippen molar-refractivity contribution in [2.45, 2.75) is 46.5 Å². The van der Waals surface area contributed by atoms with Gasteiger partial charge in [-0.25, -0.2) is 0 Å². The lowest BCUT2D eigenvalue weighted by Gasteiger charge is -2.08. The fraction of sp³-hybridized carbons (Fsp3) is 0.615. The monoisotopic (exact) mass is 176 g/mol. The first-order valence-electron chi connectivity index (χ1n) is 5.20. The smallest absolute Gasteiger partial charge is 0.0127 e. The van der Waals surface area contributed by atoms with Crippen LogP contribution < -0.4 is 0 Å². The third-order valence-corrected chi connectivity index (χ3v) is 2.18. The van der Waals surface area contributed by atoms with Gasteiger partial charge in [0.2, 0.25) is 0 Å². The maximum atomic E-state index is 3.23. The predicted octanol–water partition coefficient (Wildman–Crippen LogP) is 4.24. The fourth-order valence-electron chi connectivity index (χ4n) is 1.46. The van der Waals surface area contributed by atoms with E-state index in [1.54, 1.807) is 5.57 Å². The second-order valence-corrected chi connectivity index (χ2v) is 4.88. The Labute approximate surface area is 82.0 Å². The Hall–Kier alpha value is -0.740. The van der Waals surface area contributed by atoms with Crippen molar-refractivity contribution in [1.29, 1.82) is 0 Å². The summed E-state index contributed by atoms with van der Waals surface area (Å²) in [5.41, 5.74) is 5.07. The van der Waals surface area contributed by atoms with E-state index in [2.05, 4.69) is 44.7 Å². The Morgan fingerprint density at radius 1 is 1.15 bits per heavy atom. The van der Waals surface area contributed by atoms with Gasteiger partial charge in [-0.2, -0.15) is 0 Å². The summed E-state index contributed by atoms with van der Waals surface area (Å²) < 4.78 is 0. The molecule has 0 amide bonds. The summed E-state index contributed by atoms with van der Waals surface area (Å²) in [6.07, 6.45) is 11.8. The summed E-state index contributed by atoms with van der Waals surface area (Å²) in [6, 6.07) is 0. The molecule has 1 rings (SSSR count). The molecule has 0 aromatic rings. The van der Waals surface area contributed by atoms with E-state index < -0.39 is 0 Å². The molecule has 1 aliphatic carbocycles. The molecule has 0 heteroatoms. The Morgan fingerprint density at radius 2 is 1.77 bits per heavy atom. The molecule has 1 saturated carbocycles. The average Bonchev–Trinajstić information content (AvgIpc) is 2.48. The topological polar surface area (TPSA) is 0 Å². The van der Waals surface area contributed by atoms with Crippen LogP contribution in [-0.4, -0.2) is 0 Å². The van der Waals surface area contributed by atoms with Crippen LogP contribution >= 0.6 is 0 Å². The summed E-state index contributed by atoms with van der Waals surface area (Å²) in [5, 5.41) is 0. The van der Waals surface area contributed by atoms with E-state index in [0.29, 0.717) is 0 Å². The molecule has 0 nitrogen and oxygen atoms in total. The molecule has 0 atom stereocenters. The summed E-state index contributed by atoms with van der Waals surface area (Å²) in [5.74, 6) is 0. The average molecular weight is 176 g/mol. The molecule has 72 valence electrons. The fourth-order valence-corrected chi connectivity index (χ4v) is 1.46. The van der Waals surface area contributed by atoms with Crippen LogP contribution in [0.4, 0.5) is 0 Å². The Balaban J connectivity index is 2.49. The van der Waals surface area contributed by atoms with Crippen molar-refractivity contribution in [3.05, 3.63) is 29.5 Å². The molecule has 1 fully saturated rings. The van der Waals surface area contributed by atoms with Crippen LogP contribution in [0.3, 0.4) is 0 Å². The molecule has 13 heavy (non-hydrogen) atoms. The second kappa shape index (κ2) is 4.48. The van der Waals surface area contributed by atoms with Crippen molar-refractivity contribution >= 4 is 0 Å². The molecular weight excluding hydrogens is 156 g/mol. The highest BCUT2D eigenvalue weighted by Gasteiger charge is 2.04. The summed E-state index contributed by atoms with van der Waals surface area (Å²) in [6.45, 7) is 6.57. The first-order valence-corrected chi connectivity index (χ1v) is 5.20. The molecule has 0 aromatic heterocycles. The van der Waals surface area contributed by atoms with Crippen molar-refractivity contribution < 1.29 is 0 Å². The van der Waals surface area contributed by atoms with E-state index in [-0.39, 0.29) is 5.41 Å². The predicted molar refractivity (Wildman–Crippen MR) is 58.7 cm³/mol. The molecule has 0 bridgehead atoms. The zero-order valence-electron chi connectivity index (χ0n) is 9.06. The number of rotatable bonds is 1. The maximum Gasteiger partial charge on any atom is -0.0127 e. The van der Waals surface area contributed by atoms with Gasteiger partial charge in [0.15, 0.2) is 0 Å². The van der Waals surface area contributed by atoms with Gasteiger partial charge >= 0.3 is 0 Å². The largest absolute Gasteiger partial charge is 0.125 e. The van der Waals surface area contributed by atoms with Crippen molar-refractivity contribution in [3.63, 3.8) is 0 Å². The van der Waals surface area contributed by atoms with E-state index in [1.165, 1.54) is 25.7 Å². The first-order chi connectivity index (χ1) is 6.08. The zero-order chi connectivity index (χ0) is 9.73. The van der Waals surface area contributed by atoms with E-state index >= 15 is 0 Å². The highest BCUT2D eigenvalue weighted by molar-refractivity contribution is 5.15. The Kier molecular flexibility index (Phi) is 3.57. The quantitative estimate of drug-likeness (QED) is 0.524. The van der Waals surface area contributed by atoms with Gasteiger partial charge in [-0.15, -0.1) is 5.73 Å². The molecule has 0 aromatic carbocycles. The van der Waals surface area contributed by atoms with Crippen molar-refractivity contribution in [3.8, 4) is 0 Å². The standard InChI is InChI=1S/C13H20/c1-13(2,3)11-7-6-10-12-8-4-5-9-12/h6,10-11H,4-5,8-9H2,1-3H3. The summed E-state index contributed by atoms with van der Waals surface area (Å²) in [7, 11) is 0. The molecule has 0 aliphatic heterocycles. The third-order valence-electron chi connectivity index (χ3n) is 2.18. The lowest BCUT2D eigenvalue weighted by Crippen LogP contribution is -1.96. The van der Waals surface area contributed by atoms with Crippen LogP contribution in [0.15, 0.2) is 29.5 Å². The summed E-state index contributed by atoms with van der Waals surface area (Å²) >= 11 is 0. The second-order valence-electron chi connectivity index (χ2n) is 4.88. The van der Waals surface area contributed by atoms with Gasteiger partial charge in [0.05, 0.1) is 0 Å². The van der Waals surface area contributed by atoms with Crippen LogP contribution in [0.2, 0.25) is 0 Å².